The van der Waals surface area contributed by atoms with E-state index in [-0.39, 0.29) is 6.26 Å². The lowest BCUT2D eigenvalue weighted by molar-refractivity contribution is -0.153. The summed E-state index contributed by atoms with van der Waals surface area (Å²) in [6, 6.07) is 0. The molecule has 0 radical (unpaired) electrons. The Morgan fingerprint density at radius 3 is 2.07 bits per heavy atom. The van der Waals surface area contributed by atoms with E-state index in [0.29, 0.717) is 0 Å². The molecule has 0 fully saturated rings. The summed E-state index contributed by atoms with van der Waals surface area (Å²) < 4.78 is 40.3. The van der Waals surface area contributed by atoms with Gasteiger partial charge in [0.2, 0.25) is 5.76 Å². The Balaban J connectivity index is 3.44. The van der Waals surface area contributed by atoms with Crippen molar-refractivity contribution in [2.45, 2.75) is 6.18 Å². The highest BCUT2D eigenvalue weighted by Crippen LogP contribution is 2.34. The first-order valence-corrected chi connectivity index (χ1v) is 3.40. The van der Waals surface area contributed by atoms with Crippen LogP contribution in [0.1, 0.15) is 26.5 Å². The van der Waals surface area contributed by atoms with Crippen molar-refractivity contribution in [2.75, 3.05) is 0 Å². The lowest BCUT2D eigenvalue weighted by Crippen LogP contribution is -2.13. The predicted octanol–water partition coefficient (Wildman–Crippen LogP) is 1.69. The molecule has 0 bridgehead atoms. The fourth-order valence-corrected chi connectivity index (χ4v) is 0.936. The minimum Gasteiger partial charge on any atom is -0.478 e. The van der Waals surface area contributed by atoms with E-state index in [1.807, 2.05) is 0 Å². The maximum absolute atomic E-state index is 12.1. The third-order valence-electron chi connectivity index (χ3n) is 1.49. The summed E-state index contributed by atoms with van der Waals surface area (Å²) in [5, 5.41) is 16.8. The summed E-state index contributed by atoms with van der Waals surface area (Å²) in [6.45, 7) is 0. The lowest BCUT2D eigenvalue weighted by atomic mass is 10.1. The second kappa shape index (κ2) is 3.30. The number of carboxylic acids is 2. The predicted molar refractivity (Wildman–Crippen MR) is 37.6 cm³/mol. The fourth-order valence-electron chi connectivity index (χ4n) is 0.936. The molecule has 0 saturated heterocycles. The zero-order valence-corrected chi connectivity index (χ0v) is 6.83. The molecule has 0 aliphatic rings. The number of hydrogen-bond donors (Lipinski definition) is 2. The number of furan rings is 1. The Morgan fingerprint density at radius 1 is 1.20 bits per heavy atom. The van der Waals surface area contributed by atoms with Gasteiger partial charge in [0.1, 0.15) is 17.4 Å². The van der Waals surface area contributed by atoms with Gasteiger partial charge in [-0.25, -0.2) is 9.59 Å². The normalized spacial score (nSPS) is 11.4. The van der Waals surface area contributed by atoms with Crippen LogP contribution < -0.4 is 0 Å². The number of alkyl halides is 3. The van der Waals surface area contributed by atoms with E-state index in [9.17, 15) is 22.8 Å². The molecule has 0 saturated carbocycles. The quantitative estimate of drug-likeness (QED) is 0.797. The highest BCUT2D eigenvalue weighted by Gasteiger charge is 2.42. The van der Waals surface area contributed by atoms with Crippen LogP contribution >= 0.6 is 0 Å². The van der Waals surface area contributed by atoms with E-state index in [0.717, 1.165) is 0 Å². The minimum atomic E-state index is -5.04. The van der Waals surface area contributed by atoms with Crippen LogP contribution in [0, 0.1) is 0 Å². The van der Waals surface area contributed by atoms with Gasteiger partial charge in [0.25, 0.3) is 0 Å². The zero-order chi connectivity index (χ0) is 11.8. The van der Waals surface area contributed by atoms with E-state index in [1.165, 1.54) is 0 Å². The third-order valence-corrected chi connectivity index (χ3v) is 1.49. The maximum atomic E-state index is 12.1. The topological polar surface area (TPSA) is 87.7 Å². The van der Waals surface area contributed by atoms with Gasteiger partial charge in [-0.15, -0.1) is 0 Å². The standard InChI is InChI=1S/C7H3F3O5/c8-7(9,10)4-3(6(13)14)2(1-15-4)5(11)12/h1H,(H,11,12)(H,13,14). The molecule has 1 heterocycles. The van der Waals surface area contributed by atoms with Crippen molar-refractivity contribution in [3.8, 4) is 0 Å². The molecule has 1 rings (SSSR count). The average molecular weight is 224 g/mol. The first-order valence-electron chi connectivity index (χ1n) is 3.40. The van der Waals surface area contributed by atoms with Crippen LogP contribution in [0.15, 0.2) is 10.7 Å². The smallest absolute Gasteiger partial charge is 0.450 e. The van der Waals surface area contributed by atoms with Crippen molar-refractivity contribution in [1.29, 1.82) is 0 Å². The molecule has 0 atom stereocenters. The SMILES string of the molecule is O=C(O)c1coc(C(F)(F)F)c1C(=O)O. The van der Waals surface area contributed by atoms with Gasteiger partial charge in [0.05, 0.1) is 0 Å². The molecule has 1 aromatic rings. The Hall–Kier alpha value is -1.99. The number of carboxylic acid groups (broad SMARTS) is 2. The van der Waals surface area contributed by atoms with Crippen LogP contribution in [0.4, 0.5) is 13.2 Å². The molecule has 0 amide bonds. The Morgan fingerprint density at radius 2 is 1.73 bits per heavy atom. The van der Waals surface area contributed by atoms with Gasteiger partial charge >= 0.3 is 18.1 Å². The van der Waals surface area contributed by atoms with E-state index in [1.54, 1.807) is 0 Å². The third kappa shape index (κ3) is 1.92. The summed E-state index contributed by atoms with van der Waals surface area (Å²) in [7, 11) is 0. The van der Waals surface area contributed by atoms with E-state index < -0.39 is 35.0 Å². The van der Waals surface area contributed by atoms with Gasteiger partial charge in [-0.1, -0.05) is 0 Å². The molecule has 82 valence electrons. The largest absolute Gasteiger partial charge is 0.478 e. The molecule has 0 aliphatic heterocycles. The van der Waals surface area contributed by atoms with Gasteiger partial charge < -0.3 is 14.6 Å². The van der Waals surface area contributed by atoms with Gasteiger partial charge in [-0.05, 0) is 0 Å². The van der Waals surface area contributed by atoms with Crippen LogP contribution in [0.3, 0.4) is 0 Å². The van der Waals surface area contributed by atoms with Gasteiger partial charge in [0.15, 0.2) is 0 Å². The van der Waals surface area contributed by atoms with Crippen molar-refractivity contribution < 1.29 is 37.4 Å². The number of carbonyl (C=O) groups is 2. The van der Waals surface area contributed by atoms with Crippen molar-refractivity contribution in [2.24, 2.45) is 0 Å². The highest BCUT2D eigenvalue weighted by molar-refractivity contribution is 6.02. The second-order valence-electron chi connectivity index (χ2n) is 2.46. The van der Waals surface area contributed by atoms with Crippen molar-refractivity contribution in [3.05, 3.63) is 23.2 Å². The molecule has 15 heavy (non-hydrogen) atoms. The highest BCUT2D eigenvalue weighted by atomic mass is 19.4. The van der Waals surface area contributed by atoms with Crippen LogP contribution in [0.25, 0.3) is 0 Å². The minimum absolute atomic E-state index is 0.245. The van der Waals surface area contributed by atoms with Gasteiger partial charge in [0, 0.05) is 0 Å². The van der Waals surface area contributed by atoms with Crippen molar-refractivity contribution >= 4 is 11.9 Å². The molecule has 0 unspecified atom stereocenters. The number of halogens is 3. The van der Waals surface area contributed by atoms with E-state index >= 15 is 0 Å². The zero-order valence-electron chi connectivity index (χ0n) is 6.83. The van der Waals surface area contributed by atoms with Crippen molar-refractivity contribution in [3.63, 3.8) is 0 Å². The average Bonchev–Trinajstić information content (AvgIpc) is 2.45. The summed E-state index contributed by atoms with van der Waals surface area (Å²) in [6.07, 6.45) is -4.80. The van der Waals surface area contributed by atoms with E-state index in [4.69, 9.17) is 10.2 Å². The van der Waals surface area contributed by atoms with Crippen LogP contribution in [0.5, 0.6) is 0 Å². The lowest BCUT2D eigenvalue weighted by Gasteiger charge is -2.03. The van der Waals surface area contributed by atoms with Crippen LogP contribution in [-0.2, 0) is 6.18 Å². The Bertz CT molecular complexity index is 417. The molecule has 5 nitrogen and oxygen atoms in total. The summed E-state index contributed by atoms with van der Waals surface area (Å²) in [5.41, 5.74) is -2.43. The van der Waals surface area contributed by atoms with Crippen LogP contribution in [-0.4, -0.2) is 22.2 Å². The maximum Gasteiger partial charge on any atom is 0.450 e. The van der Waals surface area contributed by atoms with Crippen molar-refractivity contribution in [1.82, 2.24) is 0 Å². The molecular weight excluding hydrogens is 221 g/mol. The molecule has 0 aliphatic carbocycles. The summed E-state index contributed by atoms with van der Waals surface area (Å²) in [5.74, 6) is -5.63. The monoisotopic (exact) mass is 224 g/mol. The Kier molecular flexibility index (Phi) is 2.44. The molecule has 0 spiro atoms. The molecule has 1 aromatic heterocycles. The summed E-state index contributed by atoms with van der Waals surface area (Å²) >= 11 is 0. The second-order valence-corrected chi connectivity index (χ2v) is 2.46. The number of aromatic carboxylic acids is 2. The number of rotatable bonds is 2. The number of hydrogen-bond acceptors (Lipinski definition) is 3. The molecule has 0 aromatic carbocycles. The summed E-state index contributed by atoms with van der Waals surface area (Å²) in [4.78, 5) is 20.8. The first-order chi connectivity index (χ1) is 6.75. The van der Waals surface area contributed by atoms with E-state index in [2.05, 4.69) is 4.42 Å². The molecule has 2 N–H and O–H groups in total. The Labute approximate surface area is 79.7 Å². The molecule has 8 heteroatoms. The molecular formula is C7H3F3O5. The van der Waals surface area contributed by atoms with Gasteiger partial charge in [-0.2, -0.15) is 13.2 Å². The van der Waals surface area contributed by atoms with Gasteiger partial charge in [-0.3, -0.25) is 0 Å². The first kappa shape index (κ1) is 11.1. The fraction of sp³-hybridized carbons (Fsp3) is 0.143. The van der Waals surface area contributed by atoms with Crippen LogP contribution in [0.2, 0.25) is 0 Å².